The third kappa shape index (κ3) is 3.85. The van der Waals surface area contributed by atoms with E-state index in [4.69, 9.17) is 16.3 Å². The lowest BCUT2D eigenvalue weighted by molar-refractivity contribution is 0.141. The van der Waals surface area contributed by atoms with Gasteiger partial charge < -0.3 is 10.1 Å². The van der Waals surface area contributed by atoms with Crippen molar-refractivity contribution in [1.29, 1.82) is 0 Å². The molecule has 100 valence electrons. The van der Waals surface area contributed by atoms with Gasteiger partial charge in [-0.15, -0.1) is 6.58 Å². The molecule has 1 atom stereocenters. The maximum atomic E-state index is 11.8. The van der Waals surface area contributed by atoms with Gasteiger partial charge in [0.25, 0.3) is 5.56 Å². The van der Waals surface area contributed by atoms with E-state index >= 15 is 0 Å². The Labute approximate surface area is 111 Å². The summed E-state index contributed by atoms with van der Waals surface area (Å²) in [6, 6.07) is 0.0545. The topological polar surface area (TPSA) is 56.1 Å². The molecule has 1 N–H and O–H groups in total. The Morgan fingerprint density at radius 3 is 3.06 bits per heavy atom. The summed E-state index contributed by atoms with van der Waals surface area (Å²) in [5, 5.41) is 7.24. The molecule has 0 saturated heterocycles. The Balaban J connectivity index is 2.82. The zero-order valence-electron chi connectivity index (χ0n) is 10.6. The highest BCUT2D eigenvalue weighted by Crippen LogP contribution is 2.16. The number of nitrogens with one attached hydrogen (secondary N) is 1. The Hall–Kier alpha value is -1.33. The summed E-state index contributed by atoms with van der Waals surface area (Å²) in [5.74, 6) is 0. The lowest BCUT2D eigenvalue weighted by Gasteiger charge is -2.16. The molecule has 0 spiro atoms. The molecule has 1 rings (SSSR count). The first-order valence-corrected chi connectivity index (χ1v) is 6.18. The molecule has 0 bridgehead atoms. The van der Waals surface area contributed by atoms with Crippen LogP contribution in [0, 0.1) is 0 Å². The monoisotopic (exact) mass is 271 g/mol. The molecule has 0 aliphatic heterocycles. The van der Waals surface area contributed by atoms with Crippen molar-refractivity contribution in [2.24, 2.45) is 0 Å². The first kappa shape index (κ1) is 14.7. The normalized spacial score (nSPS) is 12.2. The molecule has 0 aliphatic rings. The van der Waals surface area contributed by atoms with Gasteiger partial charge in [-0.2, -0.15) is 5.10 Å². The second-order valence-corrected chi connectivity index (χ2v) is 4.23. The van der Waals surface area contributed by atoms with Gasteiger partial charge in [0, 0.05) is 12.6 Å². The van der Waals surface area contributed by atoms with E-state index < -0.39 is 0 Å². The number of ether oxygens (including phenoxy) is 1. The molecule has 1 unspecified atom stereocenters. The molecule has 1 aromatic rings. The fourth-order valence-electron chi connectivity index (χ4n) is 1.42. The van der Waals surface area contributed by atoms with Crippen molar-refractivity contribution in [1.82, 2.24) is 9.78 Å². The summed E-state index contributed by atoms with van der Waals surface area (Å²) in [6.07, 6.45) is 3.13. The highest BCUT2D eigenvalue weighted by atomic mass is 35.5. The van der Waals surface area contributed by atoms with E-state index in [0.717, 1.165) is 0 Å². The lowest BCUT2D eigenvalue weighted by Crippen LogP contribution is -2.27. The molecule has 5 nitrogen and oxygen atoms in total. The number of rotatable bonds is 7. The number of halogens is 1. The van der Waals surface area contributed by atoms with Crippen LogP contribution in [0.1, 0.15) is 13.8 Å². The molecule has 0 amide bonds. The quantitative estimate of drug-likeness (QED) is 0.770. The van der Waals surface area contributed by atoms with Crippen LogP contribution in [0.5, 0.6) is 0 Å². The summed E-state index contributed by atoms with van der Waals surface area (Å²) >= 11 is 6.00. The van der Waals surface area contributed by atoms with Gasteiger partial charge in [0.2, 0.25) is 0 Å². The van der Waals surface area contributed by atoms with Crippen molar-refractivity contribution in [3.05, 3.63) is 34.2 Å². The van der Waals surface area contributed by atoms with Crippen molar-refractivity contribution in [2.75, 3.05) is 18.5 Å². The van der Waals surface area contributed by atoms with Crippen molar-refractivity contribution in [2.45, 2.75) is 26.4 Å². The van der Waals surface area contributed by atoms with Crippen LogP contribution in [0.3, 0.4) is 0 Å². The van der Waals surface area contributed by atoms with Crippen LogP contribution >= 0.6 is 11.6 Å². The molecule has 0 saturated carbocycles. The Bertz CT molecular complexity index is 459. The lowest BCUT2D eigenvalue weighted by atomic mass is 10.3. The summed E-state index contributed by atoms with van der Waals surface area (Å²) < 4.78 is 6.53. The van der Waals surface area contributed by atoms with Crippen LogP contribution in [0.4, 0.5) is 5.69 Å². The highest BCUT2D eigenvalue weighted by Gasteiger charge is 2.10. The molecule has 0 fully saturated rings. The predicted octanol–water partition coefficient (Wildman–Crippen LogP) is 1.92. The van der Waals surface area contributed by atoms with Crippen molar-refractivity contribution < 1.29 is 4.74 Å². The van der Waals surface area contributed by atoms with E-state index in [1.54, 1.807) is 6.08 Å². The minimum atomic E-state index is -0.329. The molecule has 0 aromatic carbocycles. The zero-order chi connectivity index (χ0) is 13.5. The second kappa shape index (κ2) is 7.18. The van der Waals surface area contributed by atoms with E-state index in [1.807, 2.05) is 13.8 Å². The number of hydrogen-bond donors (Lipinski definition) is 1. The zero-order valence-corrected chi connectivity index (χ0v) is 11.4. The summed E-state index contributed by atoms with van der Waals surface area (Å²) in [6.45, 7) is 8.97. The van der Waals surface area contributed by atoms with Gasteiger partial charge in [-0.1, -0.05) is 17.7 Å². The van der Waals surface area contributed by atoms with Crippen molar-refractivity contribution in [3.8, 4) is 0 Å². The minimum Gasteiger partial charge on any atom is -0.380 e. The number of aromatic nitrogens is 2. The van der Waals surface area contributed by atoms with E-state index in [9.17, 15) is 4.79 Å². The fourth-order valence-corrected chi connectivity index (χ4v) is 1.62. The molecular weight excluding hydrogens is 254 g/mol. The van der Waals surface area contributed by atoms with Crippen molar-refractivity contribution in [3.63, 3.8) is 0 Å². The van der Waals surface area contributed by atoms with E-state index in [1.165, 1.54) is 10.9 Å². The second-order valence-electron chi connectivity index (χ2n) is 3.85. The van der Waals surface area contributed by atoms with Crippen LogP contribution < -0.4 is 10.9 Å². The molecule has 6 heteroatoms. The van der Waals surface area contributed by atoms with Crippen LogP contribution in [-0.4, -0.2) is 29.0 Å². The number of allylic oxidation sites excluding steroid dienone is 1. The van der Waals surface area contributed by atoms with Crippen LogP contribution in [0.25, 0.3) is 0 Å². The van der Waals surface area contributed by atoms with Gasteiger partial charge in [-0.25, -0.2) is 4.68 Å². The fraction of sp³-hybridized carbons (Fsp3) is 0.500. The molecule has 1 heterocycles. The van der Waals surface area contributed by atoms with Gasteiger partial charge in [-0.3, -0.25) is 4.79 Å². The largest absolute Gasteiger partial charge is 0.380 e. The maximum Gasteiger partial charge on any atom is 0.287 e. The van der Waals surface area contributed by atoms with E-state index in [2.05, 4.69) is 17.0 Å². The Kier molecular flexibility index (Phi) is 5.88. The summed E-state index contributed by atoms with van der Waals surface area (Å²) in [7, 11) is 0. The van der Waals surface area contributed by atoms with E-state index in [-0.39, 0.29) is 16.6 Å². The third-order valence-corrected chi connectivity index (χ3v) is 2.63. The van der Waals surface area contributed by atoms with Gasteiger partial charge in [0.05, 0.1) is 25.0 Å². The molecule has 1 aromatic heterocycles. The van der Waals surface area contributed by atoms with Crippen LogP contribution in [0.2, 0.25) is 5.02 Å². The maximum absolute atomic E-state index is 11.8. The molecule has 0 aliphatic carbocycles. The third-order valence-electron chi connectivity index (χ3n) is 2.26. The number of anilines is 1. The average molecular weight is 272 g/mol. The first-order valence-electron chi connectivity index (χ1n) is 5.81. The SMILES string of the molecule is C=CCn1ncc(NC(C)COCC)c(Cl)c1=O. The smallest absolute Gasteiger partial charge is 0.287 e. The molecule has 0 radical (unpaired) electrons. The Morgan fingerprint density at radius 1 is 1.72 bits per heavy atom. The summed E-state index contributed by atoms with van der Waals surface area (Å²) in [4.78, 5) is 11.8. The number of nitrogens with zero attached hydrogens (tertiary/aromatic N) is 2. The van der Waals surface area contributed by atoms with Gasteiger partial charge in [0.1, 0.15) is 5.02 Å². The van der Waals surface area contributed by atoms with Gasteiger partial charge in [-0.05, 0) is 13.8 Å². The Morgan fingerprint density at radius 2 is 2.44 bits per heavy atom. The minimum absolute atomic E-state index is 0.0545. The molecule has 18 heavy (non-hydrogen) atoms. The van der Waals surface area contributed by atoms with Crippen molar-refractivity contribution >= 4 is 17.3 Å². The summed E-state index contributed by atoms with van der Waals surface area (Å²) in [5.41, 5.74) is 0.194. The predicted molar refractivity (Wildman–Crippen MR) is 73.3 cm³/mol. The highest BCUT2D eigenvalue weighted by molar-refractivity contribution is 6.32. The molecular formula is C12H18ClN3O2. The van der Waals surface area contributed by atoms with Crippen LogP contribution in [-0.2, 0) is 11.3 Å². The van der Waals surface area contributed by atoms with Crippen LogP contribution in [0.15, 0.2) is 23.6 Å². The van der Waals surface area contributed by atoms with Gasteiger partial charge in [0.15, 0.2) is 0 Å². The standard InChI is InChI=1S/C12H18ClN3O2/c1-4-6-16-12(17)11(13)10(7-14-16)15-9(3)8-18-5-2/h4,7,9,15H,1,5-6,8H2,2-3H3. The first-order chi connectivity index (χ1) is 8.60. The average Bonchev–Trinajstić information content (AvgIpc) is 2.36. The van der Waals surface area contributed by atoms with E-state index in [0.29, 0.717) is 25.4 Å². The van der Waals surface area contributed by atoms with Gasteiger partial charge >= 0.3 is 0 Å². The number of hydrogen-bond acceptors (Lipinski definition) is 4.